The Balaban J connectivity index is 1.51. The highest BCUT2D eigenvalue weighted by atomic mass is 35.5. The van der Waals surface area contributed by atoms with Gasteiger partial charge in [0, 0.05) is 35.2 Å². The summed E-state index contributed by atoms with van der Waals surface area (Å²) in [5.41, 5.74) is 3.93. The van der Waals surface area contributed by atoms with Gasteiger partial charge in [-0.1, -0.05) is 24.6 Å². The molecule has 2 aromatic carbocycles. The van der Waals surface area contributed by atoms with Gasteiger partial charge >= 0.3 is 0 Å². The monoisotopic (exact) mass is 371 g/mol. The molecule has 2 aromatic rings. The van der Waals surface area contributed by atoms with Crippen LogP contribution in [0, 0.1) is 12.8 Å². The largest absolute Gasteiger partial charge is 0.376 e. The lowest BCUT2D eigenvalue weighted by atomic mass is 9.99. The van der Waals surface area contributed by atoms with Gasteiger partial charge in [0.15, 0.2) is 0 Å². The number of nitrogens with zero attached hydrogens (tertiary/aromatic N) is 1. The quantitative estimate of drug-likeness (QED) is 0.782. The fourth-order valence-electron chi connectivity index (χ4n) is 3.16. The molecule has 3 rings (SSSR count). The second kappa shape index (κ2) is 8.45. The number of hydrogen-bond donors (Lipinski definition) is 2. The van der Waals surface area contributed by atoms with Gasteiger partial charge in [0.1, 0.15) is 0 Å². The zero-order valence-corrected chi connectivity index (χ0v) is 16.1. The molecular formula is C21H26ClN3O. The second-order valence-electron chi connectivity index (χ2n) is 7.08. The molecule has 0 aromatic heterocycles. The van der Waals surface area contributed by atoms with E-state index in [4.69, 9.17) is 11.6 Å². The van der Waals surface area contributed by atoms with Crippen molar-refractivity contribution in [3.63, 3.8) is 0 Å². The Morgan fingerprint density at radius 1 is 1.15 bits per heavy atom. The second-order valence-corrected chi connectivity index (χ2v) is 7.51. The molecule has 26 heavy (non-hydrogen) atoms. The van der Waals surface area contributed by atoms with Gasteiger partial charge in [0.2, 0.25) is 5.91 Å². The molecule has 5 heteroatoms. The molecule has 0 radical (unpaired) electrons. The molecular weight excluding hydrogens is 346 g/mol. The zero-order chi connectivity index (χ0) is 18.5. The van der Waals surface area contributed by atoms with Gasteiger partial charge < -0.3 is 15.5 Å². The maximum absolute atomic E-state index is 12.2. The molecule has 0 spiro atoms. The summed E-state index contributed by atoms with van der Waals surface area (Å²) in [5.74, 6) is 0.735. The fourth-order valence-corrected chi connectivity index (χ4v) is 3.33. The number of carbonyl (C=O) groups is 1. The lowest BCUT2D eigenvalue weighted by molar-refractivity contribution is -0.114. The fraction of sp³-hybridized carbons (Fsp3) is 0.381. The Kier molecular flexibility index (Phi) is 6.04. The van der Waals surface area contributed by atoms with Crippen LogP contribution in [0.5, 0.6) is 0 Å². The first-order valence-corrected chi connectivity index (χ1v) is 9.54. The van der Waals surface area contributed by atoms with Crippen LogP contribution < -0.4 is 15.5 Å². The average molecular weight is 372 g/mol. The van der Waals surface area contributed by atoms with E-state index in [0.717, 1.165) is 35.9 Å². The predicted molar refractivity (Wildman–Crippen MR) is 110 cm³/mol. The first-order valence-electron chi connectivity index (χ1n) is 9.16. The van der Waals surface area contributed by atoms with Crippen molar-refractivity contribution in [2.24, 2.45) is 5.92 Å². The number of aryl methyl sites for hydroxylation is 1. The molecule has 1 saturated heterocycles. The third-order valence-corrected chi connectivity index (χ3v) is 5.18. The van der Waals surface area contributed by atoms with Crippen molar-refractivity contribution >= 4 is 34.6 Å². The van der Waals surface area contributed by atoms with Gasteiger partial charge in [-0.3, -0.25) is 4.79 Å². The standard InChI is InChI=1S/C21H26ClN3O/c1-15-9-11-25(12-10-15)19-7-5-18(6-8-19)23-14-21(26)24-20-13-17(22)4-3-16(20)2/h3-8,13,15,23H,9-12,14H2,1-2H3,(H,24,26). The van der Waals surface area contributed by atoms with E-state index in [-0.39, 0.29) is 12.5 Å². The molecule has 1 fully saturated rings. The number of piperidine rings is 1. The van der Waals surface area contributed by atoms with E-state index in [2.05, 4.69) is 34.6 Å². The van der Waals surface area contributed by atoms with Crippen molar-refractivity contribution in [1.82, 2.24) is 0 Å². The number of hydrogen-bond acceptors (Lipinski definition) is 3. The number of rotatable bonds is 5. The zero-order valence-electron chi connectivity index (χ0n) is 15.4. The molecule has 1 amide bonds. The van der Waals surface area contributed by atoms with Crippen LogP contribution in [0.2, 0.25) is 5.02 Å². The highest BCUT2D eigenvalue weighted by Crippen LogP contribution is 2.24. The van der Waals surface area contributed by atoms with E-state index in [0.29, 0.717) is 5.02 Å². The number of carbonyl (C=O) groups excluding carboxylic acids is 1. The summed E-state index contributed by atoms with van der Waals surface area (Å²) in [4.78, 5) is 14.6. The minimum absolute atomic E-state index is 0.0931. The molecule has 1 heterocycles. The van der Waals surface area contributed by atoms with Crippen LogP contribution >= 0.6 is 11.6 Å². The van der Waals surface area contributed by atoms with Crippen LogP contribution in [-0.4, -0.2) is 25.5 Å². The molecule has 1 aliphatic rings. The summed E-state index contributed by atoms with van der Waals surface area (Å²) in [6.07, 6.45) is 2.51. The Labute approximate surface area is 160 Å². The minimum atomic E-state index is -0.0931. The van der Waals surface area contributed by atoms with E-state index in [1.165, 1.54) is 18.5 Å². The third-order valence-electron chi connectivity index (χ3n) is 4.94. The average Bonchev–Trinajstić information content (AvgIpc) is 2.64. The van der Waals surface area contributed by atoms with Gasteiger partial charge in [0.25, 0.3) is 0 Å². The molecule has 0 aliphatic carbocycles. The molecule has 0 atom stereocenters. The highest BCUT2D eigenvalue weighted by molar-refractivity contribution is 6.31. The molecule has 1 aliphatic heterocycles. The summed E-state index contributed by atoms with van der Waals surface area (Å²) < 4.78 is 0. The number of halogens is 1. The normalized spacial score (nSPS) is 15.0. The number of benzene rings is 2. The Morgan fingerprint density at radius 3 is 2.54 bits per heavy atom. The van der Waals surface area contributed by atoms with Crippen LogP contribution in [0.15, 0.2) is 42.5 Å². The van der Waals surface area contributed by atoms with E-state index in [1.54, 1.807) is 6.07 Å². The summed E-state index contributed by atoms with van der Waals surface area (Å²) in [6, 6.07) is 13.8. The molecule has 0 saturated carbocycles. The number of anilines is 3. The highest BCUT2D eigenvalue weighted by Gasteiger charge is 2.15. The van der Waals surface area contributed by atoms with E-state index in [9.17, 15) is 4.79 Å². The first-order chi connectivity index (χ1) is 12.5. The van der Waals surface area contributed by atoms with Crippen LogP contribution in [0.1, 0.15) is 25.3 Å². The van der Waals surface area contributed by atoms with E-state index < -0.39 is 0 Å². The van der Waals surface area contributed by atoms with Gasteiger partial charge in [0.05, 0.1) is 6.54 Å². The van der Waals surface area contributed by atoms with Crippen molar-refractivity contribution in [2.75, 3.05) is 35.2 Å². The van der Waals surface area contributed by atoms with Gasteiger partial charge in [-0.15, -0.1) is 0 Å². The molecule has 0 bridgehead atoms. The predicted octanol–water partition coefficient (Wildman–Crippen LogP) is 4.94. The maximum Gasteiger partial charge on any atom is 0.243 e. The van der Waals surface area contributed by atoms with Crippen molar-refractivity contribution in [2.45, 2.75) is 26.7 Å². The van der Waals surface area contributed by atoms with Crippen molar-refractivity contribution < 1.29 is 4.79 Å². The van der Waals surface area contributed by atoms with Crippen LogP contribution in [0.3, 0.4) is 0 Å². The topological polar surface area (TPSA) is 44.4 Å². The Hall–Kier alpha value is -2.20. The van der Waals surface area contributed by atoms with E-state index in [1.807, 2.05) is 31.2 Å². The molecule has 4 nitrogen and oxygen atoms in total. The molecule has 138 valence electrons. The molecule has 2 N–H and O–H groups in total. The summed E-state index contributed by atoms with van der Waals surface area (Å²) in [6.45, 7) is 6.72. The van der Waals surface area contributed by atoms with Crippen molar-refractivity contribution in [3.8, 4) is 0 Å². The lowest BCUT2D eigenvalue weighted by Gasteiger charge is -2.32. The van der Waals surface area contributed by atoms with Gasteiger partial charge in [-0.05, 0) is 67.6 Å². The van der Waals surface area contributed by atoms with Crippen molar-refractivity contribution in [3.05, 3.63) is 53.1 Å². The van der Waals surface area contributed by atoms with Crippen molar-refractivity contribution in [1.29, 1.82) is 0 Å². The van der Waals surface area contributed by atoms with Gasteiger partial charge in [-0.2, -0.15) is 0 Å². The summed E-state index contributed by atoms with van der Waals surface area (Å²) in [7, 11) is 0. The third kappa shape index (κ3) is 4.92. The first kappa shape index (κ1) is 18.6. The van der Waals surface area contributed by atoms with E-state index >= 15 is 0 Å². The number of nitrogens with one attached hydrogen (secondary N) is 2. The maximum atomic E-state index is 12.2. The minimum Gasteiger partial charge on any atom is -0.376 e. The lowest BCUT2D eigenvalue weighted by Crippen LogP contribution is -2.32. The van der Waals surface area contributed by atoms with Crippen LogP contribution in [-0.2, 0) is 4.79 Å². The smallest absolute Gasteiger partial charge is 0.243 e. The number of amides is 1. The molecule has 0 unspecified atom stereocenters. The Morgan fingerprint density at radius 2 is 1.85 bits per heavy atom. The Bertz CT molecular complexity index is 752. The summed E-state index contributed by atoms with van der Waals surface area (Å²) >= 11 is 5.99. The van der Waals surface area contributed by atoms with Crippen LogP contribution in [0.25, 0.3) is 0 Å². The van der Waals surface area contributed by atoms with Gasteiger partial charge in [-0.25, -0.2) is 0 Å². The summed E-state index contributed by atoms with van der Waals surface area (Å²) in [5, 5.41) is 6.68. The van der Waals surface area contributed by atoms with Crippen LogP contribution in [0.4, 0.5) is 17.1 Å². The SMILES string of the molecule is Cc1ccc(Cl)cc1NC(=O)CNc1ccc(N2CCC(C)CC2)cc1.